The number of phenols is 2. The lowest BCUT2D eigenvalue weighted by molar-refractivity contribution is 0.448. The zero-order valence-corrected chi connectivity index (χ0v) is 10.9. The first kappa shape index (κ1) is 13.5. The summed E-state index contributed by atoms with van der Waals surface area (Å²) in [6, 6.07) is 8.22. The van der Waals surface area contributed by atoms with Gasteiger partial charge in [0, 0.05) is 22.8 Å². The van der Waals surface area contributed by atoms with Gasteiger partial charge in [0.2, 0.25) is 0 Å². The molecule has 0 heterocycles. The van der Waals surface area contributed by atoms with Gasteiger partial charge >= 0.3 is 0 Å². The smallest absolute Gasteiger partial charge is 0.126 e. The minimum atomic E-state index is -0.430. The minimum absolute atomic E-state index is 0.0269. The summed E-state index contributed by atoms with van der Waals surface area (Å²) in [7, 11) is 0. The molecule has 5 heteroatoms. The topological polar surface area (TPSA) is 52.5 Å². The van der Waals surface area contributed by atoms with Crippen molar-refractivity contribution < 1.29 is 14.6 Å². The average Bonchev–Trinajstić information content (AvgIpc) is 2.25. The zero-order chi connectivity index (χ0) is 14.0. The van der Waals surface area contributed by atoms with Crippen molar-refractivity contribution in [3.63, 3.8) is 0 Å². The van der Waals surface area contributed by atoms with Gasteiger partial charge in [-0.1, -0.05) is 11.6 Å². The van der Waals surface area contributed by atoms with E-state index in [9.17, 15) is 14.6 Å². The molecule has 0 bridgehead atoms. The first-order valence-corrected chi connectivity index (χ1v) is 6.07. The Hall–Kier alpha value is -1.94. The quantitative estimate of drug-likeness (QED) is 0.795. The highest BCUT2D eigenvalue weighted by Crippen LogP contribution is 2.28. The van der Waals surface area contributed by atoms with Crippen molar-refractivity contribution in [2.75, 3.05) is 5.32 Å². The van der Waals surface area contributed by atoms with Crippen molar-refractivity contribution >= 4 is 17.3 Å². The molecule has 0 amide bonds. The summed E-state index contributed by atoms with van der Waals surface area (Å²) < 4.78 is 13.2. The second-order valence-electron chi connectivity index (χ2n) is 4.31. The van der Waals surface area contributed by atoms with E-state index in [4.69, 9.17) is 11.6 Å². The Morgan fingerprint density at radius 3 is 2.26 bits per heavy atom. The molecule has 2 rings (SSSR count). The third-order valence-corrected chi connectivity index (χ3v) is 2.89. The van der Waals surface area contributed by atoms with Crippen molar-refractivity contribution in [3.05, 3.63) is 52.8 Å². The lowest BCUT2D eigenvalue weighted by Crippen LogP contribution is -2.06. The van der Waals surface area contributed by atoms with Crippen molar-refractivity contribution in [1.29, 1.82) is 0 Å². The molecule has 3 N–H and O–H groups in total. The van der Waals surface area contributed by atoms with Crippen LogP contribution in [-0.2, 0) is 0 Å². The number of anilines is 1. The van der Waals surface area contributed by atoms with Crippen LogP contribution >= 0.6 is 11.6 Å². The van der Waals surface area contributed by atoms with Crippen LogP contribution in [0.4, 0.5) is 10.1 Å². The summed E-state index contributed by atoms with van der Waals surface area (Å²) in [5, 5.41) is 22.2. The number of nitrogens with one attached hydrogen (secondary N) is 1. The van der Waals surface area contributed by atoms with Gasteiger partial charge in [0.15, 0.2) is 0 Å². The van der Waals surface area contributed by atoms with E-state index in [0.29, 0.717) is 16.3 Å². The fourth-order valence-electron chi connectivity index (χ4n) is 1.84. The molecular formula is C14H13ClFNO2. The second-order valence-corrected chi connectivity index (χ2v) is 4.74. The monoisotopic (exact) mass is 281 g/mol. The molecule has 3 nitrogen and oxygen atoms in total. The van der Waals surface area contributed by atoms with E-state index >= 15 is 0 Å². The van der Waals surface area contributed by atoms with Gasteiger partial charge in [0.05, 0.1) is 0 Å². The molecule has 0 aromatic heterocycles. The Morgan fingerprint density at radius 2 is 1.68 bits per heavy atom. The van der Waals surface area contributed by atoms with Crippen molar-refractivity contribution in [3.8, 4) is 11.5 Å². The second kappa shape index (κ2) is 5.36. The molecule has 0 fully saturated rings. The Labute approximate surface area is 115 Å². The predicted octanol–water partition coefficient (Wildman–Crippen LogP) is 4.06. The molecule has 2 aromatic rings. The lowest BCUT2D eigenvalue weighted by Gasteiger charge is -2.16. The van der Waals surface area contributed by atoms with Crippen molar-refractivity contribution in [2.24, 2.45) is 0 Å². The number of aromatic hydroxyl groups is 2. The Balaban J connectivity index is 2.22. The highest BCUT2D eigenvalue weighted by molar-refractivity contribution is 6.30. The number of rotatable bonds is 3. The van der Waals surface area contributed by atoms with Gasteiger partial charge in [-0.05, 0) is 42.8 Å². The minimum Gasteiger partial charge on any atom is -0.508 e. The largest absolute Gasteiger partial charge is 0.508 e. The molecule has 1 atom stereocenters. The zero-order valence-electron chi connectivity index (χ0n) is 10.2. The van der Waals surface area contributed by atoms with E-state index in [0.717, 1.165) is 0 Å². The molecule has 19 heavy (non-hydrogen) atoms. The van der Waals surface area contributed by atoms with E-state index in [1.54, 1.807) is 6.07 Å². The number of hydrogen-bond acceptors (Lipinski definition) is 3. The maximum absolute atomic E-state index is 13.2. The van der Waals surface area contributed by atoms with E-state index in [2.05, 4.69) is 5.32 Å². The number of phenolic OH excluding ortho intramolecular Hbond substituents is 2. The maximum Gasteiger partial charge on any atom is 0.126 e. The van der Waals surface area contributed by atoms with E-state index in [-0.39, 0.29) is 17.5 Å². The first-order valence-electron chi connectivity index (χ1n) is 5.69. The van der Waals surface area contributed by atoms with Gasteiger partial charge in [0.1, 0.15) is 17.3 Å². The van der Waals surface area contributed by atoms with Crippen molar-refractivity contribution in [1.82, 2.24) is 0 Å². The third-order valence-electron chi connectivity index (χ3n) is 2.67. The molecule has 1 unspecified atom stereocenters. The molecule has 0 saturated carbocycles. The van der Waals surface area contributed by atoms with Crippen LogP contribution in [0, 0.1) is 5.82 Å². The van der Waals surface area contributed by atoms with Crippen LogP contribution in [0.1, 0.15) is 18.5 Å². The lowest BCUT2D eigenvalue weighted by atomic mass is 10.1. The Kier molecular flexibility index (Phi) is 3.81. The summed E-state index contributed by atoms with van der Waals surface area (Å²) >= 11 is 5.77. The normalized spacial score (nSPS) is 12.2. The molecule has 0 spiro atoms. The molecule has 0 aliphatic heterocycles. The van der Waals surface area contributed by atoms with Crippen LogP contribution in [0.25, 0.3) is 0 Å². The standard InChI is InChI=1S/C14H13ClFNO2/c1-8(9-2-13(18)7-14(19)3-9)17-12-5-10(15)4-11(16)6-12/h2-8,17-19H,1H3. The number of halogens is 2. The first-order chi connectivity index (χ1) is 8.94. The average molecular weight is 282 g/mol. The molecule has 0 radical (unpaired) electrons. The van der Waals surface area contributed by atoms with Crippen LogP contribution < -0.4 is 5.32 Å². The summed E-state index contributed by atoms with van der Waals surface area (Å²) in [6.45, 7) is 1.83. The van der Waals surface area contributed by atoms with Gasteiger partial charge in [-0.3, -0.25) is 0 Å². The Morgan fingerprint density at radius 1 is 1.05 bits per heavy atom. The maximum atomic E-state index is 13.2. The Bertz CT molecular complexity index is 563. The van der Waals surface area contributed by atoms with Gasteiger partial charge < -0.3 is 15.5 Å². The molecule has 100 valence electrons. The number of benzene rings is 2. The summed E-state index contributed by atoms with van der Waals surface area (Å²) in [6.07, 6.45) is 0. The summed E-state index contributed by atoms with van der Waals surface area (Å²) in [5.74, 6) is -0.484. The number of hydrogen-bond donors (Lipinski definition) is 3. The predicted molar refractivity (Wildman–Crippen MR) is 73.2 cm³/mol. The SMILES string of the molecule is CC(Nc1cc(F)cc(Cl)c1)c1cc(O)cc(O)c1. The fourth-order valence-corrected chi connectivity index (χ4v) is 2.06. The van der Waals surface area contributed by atoms with Crippen LogP contribution in [0.3, 0.4) is 0 Å². The highest BCUT2D eigenvalue weighted by atomic mass is 35.5. The van der Waals surface area contributed by atoms with Crippen molar-refractivity contribution in [2.45, 2.75) is 13.0 Å². The molecular weight excluding hydrogens is 269 g/mol. The summed E-state index contributed by atoms with van der Waals surface area (Å²) in [5.41, 5.74) is 1.21. The van der Waals surface area contributed by atoms with Gasteiger partial charge in [-0.15, -0.1) is 0 Å². The van der Waals surface area contributed by atoms with E-state index in [1.807, 2.05) is 6.92 Å². The molecule has 0 aliphatic rings. The van der Waals surface area contributed by atoms with Crippen LogP contribution in [0.2, 0.25) is 5.02 Å². The molecule has 0 aliphatic carbocycles. The van der Waals surface area contributed by atoms with Gasteiger partial charge in [0.25, 0.3) is 0 Å². The molecule has 0 saturated heterocycles. The van der Waals surface area contributed by atoms with Crippen LogP contribution in [0.15, 0.2) is 36.4 Å². The van der Waals surface area contributed by atoms with Crippen LogP contribution in [-0.4, -0.2) is 10.2 Å². The van der Waals surface area contributed by atoms with Gasteiger partial charge in [-0.25, -0.2) is 4.39 Å². The molecule has 2 aromatic carbocycles. The fraction of sp³-hybridized carbons (Fsp3) is 0.143. The highest BCUT2D eigenvalue weighted by Gasteiger charge is 2.09. The third kappa shape index (κ3) is 3.51. The van der Waals surface area contributed by atoms with Gasteiger partial charge in [-0.2, -0.15) is 0 Å². The van der Waals surface area contributed by atoms with E-state index in [1.165, 1.54) is 30.3 Å². The van der Waals surface area contributed by atoms with Crippen LogP contribution in [0.5, 0.6) is 11.5 Å². The van der Waals surface area contributed by atoms with E-state index < -0.39 is 5.82 Å². The summed E-state index contributed by atoms with van der Waals surface area (Å²) in [4.78, 5) is 0.